The normalized spacial score (nSPS) is 18.5. The van der Waals surface area contributed by atoms with Crippen LogP contribution in [-0.2, 0) is 10.2 Å². The van der Waals surface area contributed by atoms with Gasteiger partial charge in [-0.3, -0.25) is 4.79 Å². The van der Waals surface area contributed by atoms with Gasteiger partial charge in [0.2, 0.25) is 5.91 Å². The summed E-state index contributed by atoms with van der Waals surface area (Å²) in [7, 11) is 0. The lowest BCUT2D eigenvalue weighted by Gasteiger charge is -2.44. The number of hydrogen-bond acceptors (Lipinski definition) is 2. The summed E-state index contributed by atoms with van der Waals surface area (Å²) >= 11 is 0. The largest absolute Gasteiger partial charge is 0.352 e. The number of halogens is 3. The van der Waals surface area contributed by atoms with Crippen LogP contribution >= 0.6 is 0 Å². The van der Waals surface area contributed by atoms with E-state index in [-0.39, 0.29) is 30.0 Å². The molecule has 3 amide bonds. The van der Waals surface area contributed by atoms with Crippen molar-refractivity contribution < 1.29 is 22.8 Å². The molecule has 1 heterocycles. The van der Waals surface area contributed by atoms with E-state index >= 15 is 4.39 Å². The molecule has 1 fully saturated rings. The molecule has 194 valence electrons. The maximum absolute atomic E-state index is 15.0. The molecule has 2 atom stereocenters. The summed E-state index contributed by atoms with van der Waals surface area (Å²) in [4.78, 5) is 26.2. The number of nitrogens with one attached hydrogen (secondary N) is 1. The Morgan fingerprint density at radius 2 is 1.68 bits per heavy atom. The number of benzene rings is 3. The van der Waals surface area contributed by atoms with Crippen LogP contribution in [-0.4, -0.2) is 29.9 Å². The molecule has 37 heavy (non-hydrogen) atoms. The topological polar surface area (TPSA) is 75.4 Å². The van der Waals surface area contributed by atoms with Gasteiger partial charge in [-0.2, -0.15) is 0 Å². The molecule has 0 unspecified atom stereocenters. The minimum absolute atomic E-state index is 0.0750. The summed E-state index contributed by atoms with van der Waals surface area (Å²) in [6, 6.07) is 15.7. The number of nitrogens with zero attached hydrogens (tertiary/aromatic N) is 1. The molecule has 0 bridgehead atoms. The van der Waals surface area contributed by atoms with Crippen LogP contribution in [0.3, 0.4) is 0 Å². The Morgan fingerprint density at radius 3 is 2.27 bits per heavy atom. The van der Waals surface area contributed by atoms with Crippen LogP contribution in [0.2, 0.25) is 0 Å². The molecular weight excluding hydrogens is 479 g/mol. The third-order valence-corrected chi connectivity index (χ3v) is 7.33. The number of amides is 3. The molecule has 0 aromatic heterocycles. The maximum atomic E-state index is 15.0. The van der Waals surface area contributed by atoms with Crippen LogP contribution in [0.25, 0.3) is 11.1 Å². The average molecular weight is 510 g/mol. The van der Waals surface area contributed by atoms with Crippen LogP contribution in [0.5, 0.6) is 0 Å². The summed E-state index contributed by atoms with van der Waals surface area (Å²) in [5.41, 5.74) is 7.14. The lowest BCUT2D eigenvalue weighted by Crippen LogP contribution is -2.47. The van der Waals surface area contributed by atoms with Gasteiger partial charge in [-0.1, -0.05) is 36.4 Å². The number of piperidine rings is 1. The molecule has 4 rings (SSSR count). The van der Waals surface area contributed by atoms with Crippen LogP contribution in [0.1, 0.15) is 49.8 Å². The Bertz CT molecular complexity index is 1260. The highest BCUT2D eigenvalue weighted by Crippen LogP contribution is 2.42. The zero-order valence-electron chi connectivity index (χ0n) is 20.6. The van der Waals surface area contributed by atoms with Crippen molar-refractivity contribution in [2.45, 2.75) is 44.1 Å². The molecule has 3 N–H and O–H groups in total. The average Bonchev–Trinajstić information content (AvgIpc) is 2.87. The summed E-state index contributed by atoms with van der Waals surface area (Å²) in [5, 5.41) is 2.58. The monoisotopic (exact) mass is 509 g/mol. The number of likely N-dealkylation sites (tertiary alicyclic amines) is 1. The number of rotatable bonds is 8. The van der Waals surface area contributed by atoms with Crippen molar-refractivity contribution in [2.75, 3.05) is 13.1 Å². The number of carbonyl (C=O) groups excluding carboxylic acids is 2. The molecule has 0 radical (unpaired) electrons. The lowest BCUT2D eigenvalue weighted by molar-refractivity contribution is -0.138. The van der Waals surface area contributed by atoms with Crippen molar-refractivity contribution in [1.82, 2.24) is 10.2 Å². The highest BCUT2D eigenvalue weighted by atomic mass is 19.1. The molecule has 1 saturated heterocycles. The van der Waals surface area contributed by atoms with Gasteiger partial charge in [0.05, 0.1) is 6.04 Å². The minimum atomic E-state index is -0.603. The van der Waals surface area contributed by atoms with Gasteiger partial charge in [0.1, 0.15) is 17.5 Å². The first-order valence-corrected chi connectivity index (χ1v) is 12.3. The summed E-state index contributed by atoms with van der Waals surface area (Å²) in [6.07, 6.45) is 2.09. The van der Waals surface area contributed by atoms with E-state index in [2.05, 4.69) is 5.32 Å². The van der Waals surface area contributed by atoms with Gasteiger partial charge >= 0.3 is 6.03 Å². The van der Waals surface area contributed by atoms with Crippen LogP contribution in [0.4, 0.5) is 18.0 Å². The fraction of sp³-hybridized carbons (Fsp3) is 0.310. The van der Waals surface area contributed by atoms with E-state index in [1.807, 2.05) is 6.92 Å². The van der Waals surface area contributed by atoms with E-state index < -0.39 is 17.3 Å². The van der Waals surface area contributed by atoms with Gasteiger partial charge < -0.3 is 16.0 Å². The van der Waals surface area contributed by atoms with Gasteiger partial charge in [0.15, 0.2) is 0 Å². The van der Waals surface area contributed by atoms with Crippen LogP contribution in [0, 0.1) is 17.5 Å². The first-order valence-electron chi connectivity index (χ1n) is 12.3. The number of urea groups is 1. The van der Waals surface area contributed by atoms with E-state index in [9.17, 15) is 18.4 Å². The fourth-order valence-corrected chi connectivity index (χ4v) is 5.23. The Balaban J connectivity index is 1.52. The second kappa shape index (κ2) is 11.1. The first kappa shape index (κ1) is 26.3. The highest BCUT2D eigenvalue weighted by Gasteiger charge is 2.41. The molecule has 5 nitrogen and oxygen atoms in total. The second-order valence-electron chi connectivity index (χ2n) is 9.62. The number of hydrogen-bond donors (Lipinski definition) is 2. The van der Waals surface area contributed by atoms with Gasteiger partial charge in [-0.25, -0.2) is 18.0 Å². The molecule has 0 saturated carbocycles. The maximum Gasteiger partial charge on any atom is 0.312 e. The molecular formula is C29H30F3N3O2. The highest BCUT2D eigenvalue weighted by molar-refractivity contribution is 5.79. The SMILES string of the molecule is C[C@@H](c1ccc(-c2ccc(F)cc2)c(F)c1)N1CC[C@@](CCCNC(N)=O)(c2ccc(F)cc2)CC1=O. The quantitative estimate of drug-likeness (QED) is 0.374. The van der Waals surface area contributed by atoms with Gasteiger partial charge in [0.25, 0.3) is 0 Å². The van der Waals surface area contributed by atoms with E-state index in [0.29, 0.717) is 49.0 Å². The smallest absolute Gasteiger partial charge is 0.312 e. The van der Waals surface area contributed by atoms with Gasteiger partial charge in [-0.15, -0.1) is 0 Å². The summed E-state index contributed by atoms with van der Waals surface area (Å²) < 4.78 is 41.9. The van der Waals surface area contributed by atoms with E-state index in [0.717, 1.165) is 5.56 Å². The Kier molecular flexibility index (Phi) is 7.86. The zero-order chi connectivity index (χ0) is 26.6. The Labute approximate surface area is 214 Å². The van der Waals surface area contributed by atoms with Crippen molar-refractivity contribution >= 4 is 11.9 Å². The molecule has 3 aromatic rings. The van der Waals surface area contributed by atoms with Crippen molar-refractivity contribution in [3.8, 4) is 11.1 Å². The van der Waals surface area contributed by atoms with Crippen LogP contribution in [0.15, 0.2) is 66.7 Å². The standard InChI is InChI=1S/C29H30F3N3O2/c1-19(21-5-12-25(26(32)17-21)20-3-8-23(30)9-4-20)35-16-14-29(18-27(35)36,13-2-15-34-28(33)37)22-6-10-24(31)11-7-22/h3-12,17,19H,2,13-16,18H2,1H3,(H3,33,34,37)/t19-,29+/m0/s1. The van der Waals surface area contributed by atoms with Crippen molar-refractivity contribution in [3.05, 3.63) is 95.3 Å². The molecule has 8 heteroatoms. The third kappa shape index (κ3) is 5.96. The third-order valence-electron chi connectivity index (χ3n) is 7.33. The predicted octanol–water partition coefficient (Wildman–Crippen LogP) is 5.84. The molecule has 1 aliphatic rings. The summed E-state index contributed by atoms with van der Waals surface area (Å²) in [5.74, 6) is -1.26. The zero-order valence-corrected chi connectivity index (χ0v) is 20.6. The molecule has 1 aliphatic heterocycles. The number of nitrogens with two attached hydrogens (primary N) is 1. The minimum Gasteiger partial charge on any atom is -0.352 e. The molecule has 0 spiro atoms. The van der Waals surface area contributed by atoms with E-state index in [1.54, 1.807) is 29.2 Å². The second-order valence-corrected chi connectivity index (χ2v) is 9.62. The van der Waals surface area contributed by atoms with Crippen LogP contribution < -0.4 is 11.1 Å². The Morgan fingerprint density at radius 1 is 1.03 bits per heavy atom. The van der Waals surface area contributed by atoms with E-state index in [1.165, 1.54) is 42.5 Å². The van der Waals surface area contributed by atoms with Crippen molar-refractivity contribution in [1.29, 1.82) is 0 Å². The number of carbonyl (C=O) groups is 2. The molecule has 3 aromatic carbocycles. The Hall–Kier alpha value is -3.81. The molecule has 0 aliphatic carbocycles. The van der Waals surface area contributed by atoms with Crippen molar-refractivity contribution in [2.24, 2.45) is 5.73 Å². The van der Waals surface area contributed by atoms with Gasteiger partial charge in [0, 0.05) is 30.5 Å². The van der Waals surface area contributed by atoms with Crippen molar-refractivity contribution in [3.63, 3.8) is 0 Å². The lowest BCUT2D eigenvalue weighted by atomic mass is 9.69. The fourth-order valence-electron chi connectivity index (χ4n) is 5.23. The first-order chi connectivity index (χ1) is 17.7. The van der Waals surface area contributed by atoms with Gasteiger partial charge in [-0.05, 0) is 73.2 Å². The number of primary amides is 1. The van der Waals surface area contributed by atoms with E-state index in [4.69, 9.17) is 5.73 Å². The summed E-state index contributed by atoms with van der Waals surface area (Å²) in [6.45, 7) is 2.69. The predicted molar refractivity (Wildman–Crippen MR) is 136 cm³/mol.